The van der Waals surface area contributed by atoms with Crippen LogP contribution >= 0.6 is 24.8 Å². The Morgan fingerprint density at radius 3 is 2.46 bits per heavy atom. The van der Waals surface area contributed by atoms with Crippen molar-refractivity contribution in [3.63, 3.8) is 0 Å². The first-order chi connectivity index (χ1) is 10.7. The maximum Gasteiger partial charge on any atom is 0.131 e. The summed E-state index contributed by atoms with van der Waals surface area (Å²) >= 11 is 0. The predicted octanol–water partition coefficient (Wildman–Crippen LogP) is 3.17. The lowest BCUT2D eigenvalue weighted by atomic mass is 9.97. The Morgan fingerprint density at radius 2 is 1.92 bits per heavy atom. The zero-order chi connectivity index (χ0) is 15.9. The molecule has 1 aliphatic heterocycles. The highest BCUT2D eigenvalue weighted by atomic mass is 35.5. The van der Waals surface area contributed by atoms with E-state index in [-0.39, 0.29) is 36.6 Å². The van der Waals surface area contributed by atoms with Crippen molar-refractivity contribution >= 4 is 24.8 Å². The standard InChI is InChI=1S/C17H26N2O3.2ClH/c1-4-5-6-14(19-9-7-18-8-10-19)17-15(20)11-13(21-2)12-16(17)22-3;;/h4,11-12,14,18,20H,1,5-10H2,2-3H3;2*1H/t14-;;/m0../s1. The number of nitrogens with zero attached hydrogens (tertiary/aromatic N) is 1. The number of methoxy groups -OCH3 is 2. The van der Waals surface area contributed by atoms with Gasteiger partial charge >= 0.3 is 0 Å². The summed E-state index contributed by atoms with van der Waals surface area (Å²) in [4.78, 5) is 2.39. The average molecular weight is 379 g/mol. The van der Waals surface area contributed by atoms with Gasteiger partial charge in [-0.25, -0.2) is 0 Å². The number of allylic oxidation sites excluding steroid dienone is 1. The first-order valence-corrected chi connectivity index (χ1v) is 7.71. The smallest absolute Gasteiger partial charge is 0.131 e. The Hall–Kier alpha value is -1.14. The Balaban J connectivity index is 0.00000264. The van der Waals surface area contributed by atoms with Gasteiger partial charge in [-0.15, -0.1) is 31.4 Å². The largest absolute Gasteiger partial charge is 0.507 e. The Bertz CT molecular complexity index is 509. The van der Waals surface area contributed by atoms with Crippen molar-refractivity contribution in [3.8, 4) is 17.2 Å². The molecule has 1 saturated heterocycles. The van der Waals surface area contributed by atoms with Crippen LogP contribution in [-0.4, -0.2) is 50.4 Å². The first kappa shape index (κ1) is 22.9. The molecule has 0 spiro atoms. The summed E-state index contributed by atoms with van der Waals surface area (Å²) in [6, 6.07) is 3.60. The van der Waals surface area contributed by atoms with Crippen LogP contribution < -0.4 is 14.8 Å². The molecule has 2 N–H and O–H groups in total. The summed E-state index contributed by atoms with van der Waals surface area (Å²) in [5.74, 6) is 1.49. The van der Waals surface area contributed by atoms with Crippen molar-refractivity contribution in [1.29, 1.82) is 0 Å². The third kappa shape index (κ3) is 5.45. The number of ether oxygens (including phenoxy) is 2. The molecule has 24 heavy (non-hydrogen) atoms. The van der Waals surface area contributed by atoms with E-state index in [0.717, 1.165) is 44.6 Å². The minimum absolute atomic E-state index is 0. The molecule has 0 aliphatic carbocycles. The van der Waals surface area contributed by atoms with Gasteiger partial charge in [0.25, 0.3) is 0 Å². The zero-order valence-electron chi connectivity index (χ0n) is 14.3. The molecule has 1 aliphatic rings. The van der Waals surface area contributed by atoms with Gasteiger partial charge < -0.3 is 19.9 Å². The third-order valence-electron chi connectivity index (χ3n) is 4.12. The maximum absolute atomic E-state index is 10.5. The fourth-order valence-corrected chi connectivity index (χ4v) is 2.99. The number of hydrogen-bond acceptors (Lipinski definition) is 5. The molecule has 1 heterocycles. The lowest BCUT2D eigenvalue weighted by Crippen LogP contribution is -2.45. The summed E-state index contributed by atoms with van der Waals surface area (Å²) in [6.45, 7) is 7.65. The molecule has 0 unspecified atom stereocenters. The number of aromatic hydroxyl groups is 1. The molecule has 0 aromatic heterocycles. The molecular formula is C17H28Cl2N2O3. The Labute approximate surface area is 156 Å². The maximum atomic E-state index is 10.5. The van der Waals surface area contributed by atoms with E-state index >= 15 is 0 Å². The molecule has 2 rings (SSSR count). The van der Waals surface area contributed by atoms with Crippen LogP contribution in [-0.2, 0) is 0 Å². The minimum atomic E-state index is 0. The van der Waals surface area contributed by atoms with Crippen LogP contribution in [0.25, 0.3) is 0 Å². The lowest BCUT2D eigenvalue weighted by Gasteiger charge is -2.36. The van der Waals surface area contributed by atoms with Crippen molar-refractivity contribution in [2.75, 3.05) is 40.4 Å². The molecule has 0 radical (unpaired) electrons. The van der Waals surface area contributed by atoms with Crippen LogP contribution in [0, 0.1) is 0 Å². The van der Waals surface area contributed by atoms with Crippen molar-refractivity contribution < 1.29 is 14.6 Å². The van der Waals surface area contributed by atoms with Crippen LogP contribution in [0.3, 0.4) is 0 Å². The molecule has 138 valence electrons. The monoisotopic (exact) mass is 378 g/mol. The second-order valence-corrected chi connectivity index (χ2v) is 5.43. The molecular weight excluding hydrogens is 351 g/mol. The summed E-state index contributed by atoms with van der Waals surface area (Å²) in [5.41, 5.74) is 0.840. The topological polar surface area (TPSA) is 54.0 Å². The first-order valence-electron chi connectivity index (χ1n) is 7.71. The van der Waals surface area contributed by atoms with Gasteiger partial charge in [0.2, 0.25) is 0 Å². The number of phenols is 1. The molecule has 0 bridgehead atoms. The van der Waals surface area contributed by atoms with Crippen LogP contribution in [0.4, 0.5) is 0 Å². The van der Waals surface area contributed by atoms with E-state index in [9.17, 15) is 5.11 Å². The van der Waals surface area contributed by atoms with Gasteiger partial charge in [-0.3, -0.25) is 4.90 Å². The molecule has 1 fully saturated rings. The quantitative estimate of drug-likeness (QED) is 0.713. The van der Waals surface area contributed by atoms with Gasteiger partial charge in [-0.1, -0.05) is 6.08 Å². The average Bonchev–Trinajstić information content (AvgIpc) is 2.56. The van der Waals surface area contributed by atoms with Crippen molar-refractivity contribution in [2.24, 2.45) is 0 Å². The Morgan fingerprint density at radius 1 is 1.25 bits per heavy atom. The molecule has 7 heteroatoms. The number of halogens is 2. The fourth-order valence-electron chi connectivity index (χ4n) is 2.99. The second kappa shape index (κ2) is 11.4. The van der Waals surface area contributed by atoms with Gasteiger partial charge in [-0.2, -0.15) is 0 Å². The van der Waals surface area contributed by atoms with E-state index in [1.54, 1.807) is 20.3 Å². The molecule has 0 saturated carbocycles. The van der Waals surface area contributed by atoms with Crippen LogP contribution in [0.1, 0.15) is 24.4 Å². The van der Waals surface area contributed by atoms with Gasteiger partial charge in [0.1, 0.15) is 17.2 Å². The SMILES string of the molecule is C=CCC[C@@H](c1c(O)cc(OC)cc1OC)N1CCNCC1.Cl.Cl. The van der Waals surface area contributed by atoms with Gasteiger partial charge in [0, 0.05) is 44.4 Å². The van der Waals surface area contributed by atoms with Crippen molar-refractivity contribution in [1.82, 2.24) is 10.2 Å². The highest BCUT2D eigenvalue weighted by Gasteiger charge is 2.27. The zero-order valence-corrected chi connectivity index (χ0v) is 15.9. The number of phenolic OH excluding ortho intramolecular Hbond substituents is 1. The van der Waals surface area contributed by atoms with Crippen molar-refractivity contribution in [3.05, 3.63) is 30.4 Å². The van der Waals surface area contributed by atoms with E-state index in [1.807, 2.05) is 12.1 Å². The minimum Gasteiger partial charge on any atom is -0.507 e. The van der Waals surface area contributed by atoms with Crippen LogP contribution in [0.5, 0.6) is 17.2 Å². The normalized spacial score (nSPS) is 15.6. The summed E-state index contributed by atoms with van der Waals surface area (Å²) in [7, 11) is 3.21. The van der Waals surface area contributed by atoms with Gasteiger partial charge in [0.05, 0.1) is 19.8 Å². The highest BCUT2D eigenvalue weighted by molar-refractivity contribution is 5.85. The fraction of sp³-hybridized carbons (Fsp3) is 0.529. The van der Waals surface area contributed by atoms with Crippen LogP contribution in [0.15, 0.2) is 24.8 Å². The number of hydrogen-bond donors (Lipinski definition) is 2. The molecule has 0 amide bonds. The van der Waals surface area contributed by atoms with E-state index in [0.29, 0.717) is 11.5 Å². The van der Waals surface area contributed by atoms with E-state index in [4.69, 9.17) is 9.47 Å². The number of nitrogens with one attached hydrogen (secondary N) is 1. The molecule has 5 nitrogen and oxygen atoms in total. The molecule has 1 atom stereocenters. The number of benzene rings is 1. The molecule has 1 aromatic carbocycles. The van der Waals surface area contributed by atoms with Gasteiger partial charge in [0.15, 0.2) is 0 Å². The van der Waals surface area contributed by atoms with Crippen molar-refractivity contribution in [2.45, 2.75) is 18.9 Å². The van der Waals surface area contributed by atoms with E-state index in [1.165, 1.54) is 0 Å². The van der Waals surface area contributed by atoms with E-state index in [2.05, 4.69) is 16.8 Å². The van der Waals surface area contributed by atoms with Crippen LogP contribution in [0.2, 0.25) is 0 Å². The Kier molecular flexibility index (Phi) is 10.9. The summed E-state index contributed by atoms with van der Waals surface area (Å²) in [5, 5.41) is 13.9. The van der Waals surface area contributed by atoms with Gasteiger partial charge in [-0.05, 0) is 12.8 Å². The second-order valence-electron chi connectivity index (χ2n) is 5.43. The number of rotatable bonds is 7. The lowest BCUT2D eigenvalue weighted by molar-refractivity contribution is 0.160. The third-order valence-corrected chi connectivity index (χ3v) is 4.12. The molecule has 1 aromatic rings. The number of piperazine rings is 1. The highest BCUT2D eigenvalue weighted by Crippen LogP contribution is 2.41. The summed E-state index contributed by atoms with van der Waals surface area (Å²) < 4.78 is 10.7. The predicted molar refractivity (Wildman–Crippen MR) is 102 cm³/mol. The summed E-state index contributed by atoms with van der Waals surface area (Å²) in [6.07, 6.45) is 3.71. The van der Waals surface area contributed by atoms with E-state index < -0.39 is 0 Å².